The summed E-state index contributed by atoms with van der Waals surface area (Å²) in [7, 11) is 3.00. The van der Waals surface area contributed by atoms with Gasteiger partial charge in [-0.05, 0) is 43.7 Å². The van der Waals surface area contributed by atoms with Crippen LogP contribution in [0.5, 0.6) is 0 Å². The molecule has 0 unspecified atom stereocenters. The summed E-state index contributed by atoms with van der Waals surface area (Å²) in [6.45, 7) is 4.22. The van der Waals surface area contributed by atoms with E-state index in [0.717, 1.165) is 29.7 Å². The van der Waals surface area contributed by atoms with Gasteiger partial charge in [0.15, 0.2) is 5.71 Å². The van der Waals surface area contributed by atoms with Crippen molar-refractivity contribution in [2.75, 3.05) is 14.2 Å². The van der Waals surface area contributed by atoms with Crippen molar-refractivity contribution >= 4 is 17.3 Å². The van der Waals surface area contributed by atoms with Crippen molar-refractivity contribution in [2.24, 2.45) is 10.3 Å². The Kier molecular flexibility index (Phi) is 6.65. The molecule has 0 spiro atoms. The summed E-state index contributed by atoms with van der Waals surface area (Å²) in [4.78, 5) is 23.0. The van der Waals surface area contributed by atoms with Gasteiger partial charge in [0.2, 0.25) is 0 Å². The van der Waals surface area contributed by atoms with Gasteiger partial charge < -0.3 is 15.0 Å². The molecule has 6 heteroatoms. The van der Waals surface area contributed by atoms with Crippen molar-refractivity contribution in [3.05, 3.63) is 70.3 Å². The minimum Gasteiger partial charge on any atom is -0.398 e. The highest BCUT2D eigenvalue weighted by atomic mass is 16.6. The van der Waals surface area contributed by atoms with Crippen LogP contribution in [-0.4, -0.2) is 31.5 Å². The summed E-state index contributed by atoms with van der Waals surface area (Å²) in [5.41, 5.74) is 6.04. The van der Waals surface area contributed by atoms with Crippen LogP contribution in [0.15, 0.2) is 52.8 Å². The van der Waals surface area contributed by atoms with Gasteiger partial charge in [-0.1, -0.05) is 58.3 Å². The lowest BCUT2D eigenvalue weighted by atomic mass is 9.95. The number of hydrogen-bond acceptors (Lipinski definition) is 5. The highest BCUT2D eigenvalue weighted by molar-refractivity contribution is 6.45. The molecule has 0 bridgehead atoms. The molecule has 1 aliphatic carbocycles. The molecule has 3 rings (SSSR count). The topological polar surface area (TPSA) is 72.3 Å². The fraction of sp³-hybridized carbons (Fsp3) is 0.348. The van der Waals surface area contributed by atoms with Gasteiger partial charge >= 0.3 is 0 Å². The van der Waals surface area contributed by atoms with E-state index in [0.29, 0.717) is 11.5 Å². The maximum Gasteiger partial charge on any atom is 0.273 e. The molecule has 1 amide bonds. The lowest BCUT2D eigenvalue weighted by molar-refractivity contribution is -0.114. The second-order valence-electron chi connectivity index (χ2n) is 7.17. The van der Waals surface area contributed by atoms with E-state index in [1.54, 1.807) is 7.05 Å². The molecule has 2 aromatic rings. The molecule has 1 aliphatic rings. The summed E-state index contributed by atoms with van der Waals surface area (Å²) in [5, 5.41) is 10.9. The molecule has 1 N–H and O–H groups in total. The summed E-state index contributed by atoms with van der Waals surface area (Å²) in [5.74, 6) is 0.185. The second kappa shape index (κ2) is 9.37. The van der Waals surface area contributed by atoms with Crippen molar-refractivity contribution < 1.29 is 14.5 Å². The van der Waals surface area contributed by atoms with Crippen molar-refractivity contribution in [2.45, 2.75) is 39.2 Å². The zero-order chi connectivity index (χ0) is 20.8. The molecule has 29 heavy (non-hydrogen) atoms. The average Bonchev–Trinajstić information content (AvgIpc) is 3.57. The fourth-order valence-electron chi connectivity index (χ4n) is 3.30. The molecule has 0 aromatic heterocycles. The summed E-state index contributed by atoms with van der Waals surface area (Å²) in [6, 6.07) is 14.0. The largest absolute Gasteiger partial charge is 0.398 e. The Morgan fingerprint density at radius 2 is 1.93 bits per heavy atom. The number of amides is 1. The highest BCUT2D eigenvalue weighted by Gasteiger charge is 2.29. The van der Waals surface area contributed by atoms with Crippen LogP contribution in [0.4, 0.5) is 0 Å². The summed E-state index contributed by atoms with van der Waals surface area (Å²) < 4.78 is 0. The molecular weight excluding hydrogens is 366 g/mol. The third-order valence-electron chi connectivity index (χ3n) is 4.96. The van der Waals surface area contributed by atoms with Gasteiger partial charge in [-0.25, -0.2) is 0 Å². The van der Waals surface area contributed by atoms with Crippen LogP contribution in [0.3, 0.4) is 0 Å². The van der Waals surface area contributed by atoms with Crippen molar-refractivity contribution in [1.29, 1.82) is 0 Å². The molecule has 0 heterocycles. The van der Waals surface area contributed by atoms with E-state index in [-0.39, 0.29) is 18.2 Å². The zero-order valence-corrected chi connectivity index (χ0v) is 17.4. The van der Waals surface area contributed by atoms with Crippen LogP contribution >= 0.6 is 0 Å². The summed E-state index contributed by atoms with van der Waals surface area (Å²) in [6.07, 6.45) is 2.28. The molecule has 152 valence electrons. The Balaban J connectivity index is 1.90. The van der Waals surface area contributed by atoms with Crippen LogP contribution in [0, 0.1) is 6.92 Å². The Hall–Kier alpha value is -3.15. The molecule has 1 saturated carbocycles. The SMILES string of the molecule is CNC(=O)/C(=N/OC)c1cccc(C2CC2)c1CO/N=C(\C)c1cccc(C)c1. The molecule has 0 aliphatic heterocycles. The highest BCUT2D eigenvalue weighted by Crippen LogP contribution is 2.42. The quantitative estimate of drug-likeness (QED) is 0.546. The van der Waals surface area contributed by atoms with E-state index in [9.17, 15) is 4.79 Å². The predicted octanol–water partition coefficient (Wildman–Crippen LogP) is 3.91. The van der Waals surface area contributed by atoms with Crippen LogP contribution in [-0.2, 0) is 21.1 Å². The third kappa shape index (κ3) is 5.02. The van der Waals surface area contributed by atoms with Gasteiger partial charge in [0.25, 0.3) is 5.91 Å². The van der Waals surface area contributed by atoms with E-state index in [1.165, 1.54) is 18.2 Å². The molecular formula is C23H27N3O3. The molecule has 2 aromatic carbocycles. The number of carbonyl (C=O) groups is 1. The standard InChI is InChI=1S/C23H27N3O3/c1-15-7-5-8-18(13-15)16(2)25-29-14-21-19(17-11-12-17)9-6-10-20(21)22(26-28-4)23(27)24-3/h5-10,13,17H,11-12,14H2,1-4H3,(H,24,27)/b25-16+,26-22+. The predicted molar refractivity (Wildman–Crippen MR) is 114 cm³/mol. The smallest absolute Gasteiger partial charge is 0.273 e. The van der Waals surface area contributed by atoms with Gasteiger partial charge in [-0.3, -0.25) is 4.79 Å². The average molecular weight is 393 g/mol. The first-order valence-corrected chi connectivity index (χ1v) is 9.74. The van der Waals surface area contributed by atoms with Gasteiger partial charge in [0.05, 0.1) is 5.71 Å². The van der Waals surface area contributed by atoms with Crippen LogP contribution < -0.4 is 5.32 Å². The lowest BCUT2D eigenvalue weighted by Crippen LogP contribution is -2.29. The first-order valence-electron chi connectivity index (χ1n) is 9.74. The van der Waals surface area contributed by atoms with Gasteiger partial charge in [-0.2, -0.15) is 0 Å². The summed E-state index contributed by atoms with van der Waals surface area (Å²) >= 11 is 0. The van der Waals surface area contributed by atoms with Crippen LogP contribution in [0.25, 0.3) is 0 Å². The van der Waals surface area contributed by atoms with E-state index in [2.05, 4.69) is 27.8 Å². The molecule has 0 atom stereocenters. The van der Waals surface area contributed by atoms with Crippen molar-refractivity contribution in [1.82, 2.24) is 5.32 Å². The number of hydrogen-bond donors (Lipinski definition) is 1. The normalized spacial score (nSPS) is 14.5. The number of benzene rings is 2. The van der Waals surface area contributed by atoms with Crippen molar-refractivity contribution in [3.63, 3.8) is 0 Å². The Bertz CT molecular complexity index is 946. The maximum absolute atomic E-state index is 12.4. The number of carbonyl (C=O) groups excluding carboxylic acids is 1. The van der Waals surface area contributed by atoms with Crippen molar-refractivity contribution in [3.8, 4) is 0 Å². The molecule has 6 nitrogen and oxygen atoms in total. The van der Waals surface area contributed by atoms with E-state index in [4.69, 9.17) is 9.68 Å². The number of aryl methyl sites for hydroxylation is 1. The zero-order valence-electron chi connectivity index (χ0n) is 17.4. The Morgan fingerprint density at radius 1 is 1.17 bits per heavy atom. The van der Waals surface area contributed by atoms with Gasteiger partial charge in [0, 0.05) is 18.2 Å². The Morgan fingerprint density at radius 3 is 2.59 bits per heavy atom. The fourth-order valence-corrected chi connectivity index (χ4v) is 3.30. The number of likely N-dealkylation sites (N-methyl/N-ethyl adjacent to an activating group) is 1. The third-order valence-corrected chi connectivity index (χ3v) is 4.96. The number of oxime groups is 2. The first kappa shape index (κ1) is 20.6. The van der Waals surface area contributed by atoms with E-state index in [1.807, 2.05) is 44.2 Å². The second-order valence-corrected chi connectivity index (χ2v) is 7.17. The lowest BCUT2D eigenvalue weighted by Gasteiger charge is -2.15. The maximum atomic E-state index is 12.4. The molecule has 0 radical (unpaired) electrons. The minimum atomic E-state index is -0.305. The Labute approximate surface area is 171 Å². The van der Waals surface area contributed by atoms with E-state index < -0.39 is 0 Å². The van der Waals surface area contributed by atoms with Crippen LogP contribution in [0.2, 0.25) is 0 Å². The number of nitrogens with zero attached hydrogens (tertiary/aromatic N) is 2. The monoisotopic (exact) mass is 393 g/mol. The van der Waals surface area contributed by atoms with E-state index >= 15 is 0 Å². The molecule has 1 fully saturated rings. The molecule has 0 saturated heterocycles. The van der Waals surface area contributed by atoms with Gasteiger partial charge in [0.1, 0.15) is 13.7 Å². The first-order chi connectivity index (χ1) is 14.0. The minimum absolute atomic E-state index is 0.232. The van der Waals surface area contributed by atoms with Crippen LogP contribution in [0.1, 0.15) is 53.5 Å². The number of nitrogens with one attached hydrogen (secondary N) is 1. The number of rotatable bonds is 8. The van der Waals surface area contributed by atoms with Gasteiger partial charge in [-0.15, -0.1) is 0 Å².